The van der Waals surface area contributed by atoms with Gasteiger partial charge in [-0.2, -0.15) is 0 Å². The van der Waals surface area contributed by atoms with Crippen LogP contribution in [0.1, 0.15) is 20.7 Å². The number of para-hydroxylation sites is 1. The molecular weight excluding hydrogens is 266 g/mol. The Labute approximate surface area is 114 Å². The van der Waals surface area contributed by atoms with Crippen LogP contribution >= 0.6 is 11.6 Å². The molecule has 2 aromatic rings. The second-order valence-electron chi connectivity index (χ2n) is 3.76. The minimum Gasteiger partial charge on any atom is -0.422 e. The Morgan fingerprint density at radius 2 is 1.63 bits per heavy atom. The van der Waals surface area contributed by atoms with Gasteiger partial charge in [0.25, 0.3) is 5.91 Å². The molecule has 0 saturated carbocycles. The van der Waals surface area contributed by atoms with E-state index in [1.165, 1.54) is 24.3 Å². The maximum atomic E-state index is 11.9. The average Bonchev–Trinajstić information content (AvgIpc) is 2.39. The van der Waals surface area contributed by atoms with Crippen molar-refractivity contribution >= 4 is 23.5 Å². The van der Waals surface area contributed by atoms with Crippen LogP contribution in [0.4, 0.5) is 0 Å². The van der Waals surface area contributed by atoms with Crippen molar-refractivity contribution in [2.45, 2.75) is 0 Å². The highest BCUT2D eigenvalue weighted by Crippen LogP contribution is 2.19. The predicted molar refractivity (Wildman–Crippen MR) is 71.4 cm³/mol. The van der Waals surface area contributed by atoms with Gasteiger partial charge in [0.05, 0.1) is 11.1 Å². The fourth-order valence-corrected chi connectivity index (χ4v) is 1.63. The highest BCUT2D eigenvalue weighted by atomic mass is 35.5. The number of carbonyl (C=O) groups is 2. The van der Waals surface area contributed by atoms with Crippen molar-refractivity contribution in [3.05, 3.63) is 64.7 Å². The Morgan fingerprint density at radius 3 is 2.26 bits per heavy atom. The molecule has 0 unspecified atom stereocenters. The van der Waals surface area contributed by atoms with Gasteiger partial charge in [0.15, 0.2) is 0 Å². The molecule has 4 nitrogen and oxygen atoms in total. The lowest BCUT2D eigenvalue weighted by Crippen LogP contribution is -2.15. The van der Waals surface area contributed by atoms with Crippen molar-refractivity contribution in [1.29, 1.82) is 0 Å². The Bertz CT molecular complexity index is 623. The van der Waals surface area contributed by atoms with E-state index < -0.39 is 11.9 Å². The lowest BCUT2D eigenvalue weighted by atomic mass is 10.2. The monoisotopic (exact) mass is 275 g/mol. The number of rotatable bonds is 3. The van der Waals surface area contributed by atoms with Crippen LogP contribution in [0.5, 0.6) is 5.75 Å². The average molecular weight is 276 g/mol. The fraction of sp³-hybridized carbons (Fsp3) is 0. The molecule has 0 heterocycles. The zero-order chi connectivity index (χ0) is 13.8. The third kappa shape index (κ3) is 3.11. The summed E-state index contributed by atoms with van der Waals surface area (Å²) < 4.78 is 5.15. The predicted octanol–water partition coefficient (Wildman–Crippen LogP) is 2.66. The second-order valence-corrected chi connectivity index (χ2v) is 4.19. The first-order valence-corrected chi connectivity index (χ1v) is 5.82. The number of hydrogen-bond acceptors (Lipinski definition) is 3. The molecule has 2 N–H and O–H groups in total. The molecule has 96 valence electrons. The number of hydrogen-bond donors (Lipinski definition) is 1. The Kier molecular flexibility index (Phi) is 3.82. The van der Waals surface area contributed by atoms with Gasteiger partial charge >= 0.3 is 5.97 Å². The van der Waals surface area contributed by atoms with Crippen molar-refractivity contribution < 1.29 is 14.3 Å². The quantitative estimate of drug-likeness (QED) is 0.691. The summed E-state index contributed by atoms with van der Waals surface area (Å²) in [4.78, 5) is 23.1. The molecule has 0 aliphatic rings. The maximum absolute atomic E-state index is 11.9. The van der Waals surface area contributed by atoms with Gasteiger partial charge in [-0.1, -0.05) is 23.7 Å². The van der Waals surface area contributed by atoms with Crippen LogP contribution in [0.15, 0.2) is 48.5 Å². The number of esters is 1. The lowest BCUT2D eigenvalue weighted by molar-refractivity contribution is 0.0732. The summed E-state index contributed by atoms with van der Waals surface area (Å²) in [6.45, 7) is 0. The van der Waals surface area contributed by atoms with E-state index in [0.717, 1.165) is 0 Å². The first-order valence-electron chi connectivity index (χ1n) is 5.44. The van der Waals surface area contributed by atoms with Crippen molar-refractivity contribution in [1.82, 2.24) is 0 Å². The van der Waals surface area contributed by atoms with E-state index in [9.17, 15) is 9.59 Å². The summed E-state index contributed by atoms with van der Waals surface area (Å²) in [5.74, 6) is -1.10. The number of ether oxygens (including phenoxy) is 1. The number of carbonyl (C=O) groups excluding carboxylic acids is 2. The number of amides is 1. The Balaban J connectivity index is 2.24. The Hall–Kier alpha value is -2.33. The van der Waals surface area contributed by atoms with Crippen molar-refractivity contribution in [3.8, 4) is 5.75 Å². The SMILES string of the molecule is NC(=O)c1ccccc1OC(=O)c1ccc(Cl)cc1. The molecule has 0 aliphatic heterocycles. The van der Waals surface area contributed by atoms with Crippen molar-refractivity contribution in [2.24, 2.45) is 5.73 Å². The Morgan fingerprint density at radius 1 is 1.00 bits per heavy atom. The van der Waals surface area contributed by atoms with Gasteiger partial charge in [-0.3, -0.25) is 4.79 Å². The van der Waals surface area contributed by atoms with E-state index in [-0.39, 0.29) is 11.3 Å². The van der Waals surface area contributed by atoms with Gasteiger partial charge in [0.2, 0.25) is 0 Å². The van der Waals surface area contributed by atoms with Crippen LogP contribution < -0.4 is 10.5 Å². The van der Waals surface area contributed by atoms with E-state index in [4.69, 9.17) is 22.1 Å². The molecule has 0 bridgehead atoms. The van der Waals surface area contributed by atoms with E-state index in [2.05, 4.69) is 0 Å². The van der Waals surface area contributed by atoms with Crippen LogP contribution in [0, 0.1) is 0 Å². The molecule has 0 radical (unpaired) electrons. The zero-order valence-corrected chi connectivity index (χ0v) is 10.6. The second kappa shape index (κ2) is 5.54. The molecule has 0 aliphatic carbocycles. The molecule has 5 heteroatoms. The summed E-state index contributed by atoms with van der Waals surface area (Å²) in [7, 11) is 0. The highest BCUT2D eigenvalue weighted by molar-refractivity contribution is 6.30. The first kappa shape index (κ1) is 13.1. The normalized spacial score (nSPS) is 9.95. The van der Waals surface area contributed by atoms with E-state index in [1.54, 1.807) is 24.3 Å². The number of nitrogens with two attached hydrogens (primary N) is 1. The zero-order valence-electron chi connectivity index (χ0n) is 9.80. The molecule has 1 amide bonds. The van der Waals surface area contributed by atoms with Crippen LogP contribution in [-0.4, -0.2) is 11.9 Å². The van der Waals surface area contributed by atoms with E-state index >= 15 is 0 Å². The molecule has 2 rings (SSSR count). The number of halogens is 1. The van der Waals surface area contributed by atoms with Crippen molar-refractivity contribution in [2.75, 3.05) is 0 Å². The summed E-state index contributed by atoms with van der Waals surface area (Å²) in [5.41, 5.74) is 5.70. The fourth-order valence-electron chi connectivity index (χ4n) is 1.50. The van der Waals surface area contributed by atoms with E-state index in [1.807, 2.05) is 0 Å². The van der Waals surface area contributed by atoms with Crippen LogP contribution in [0.25, 0.3) is 0 Å². The van der Waals surface area contributed by atoms with Gasteiger partial charge in [-0.15, -0.1) is 0 Å². The van der Waals surface area contributed by atoms with Crippen molar-refractivity contribution in [3.63, 3.8) is 0 Å². The molecule has 0 aromatic heterocycles. The smallest absolute Gasteiger partial charge is 0.343 e. The minimum atomic E-state index is -0.653. The van der Waals surface area contributed by atoms with Gasteiger partial charge in [-0.05, 0) is 36.4 Å². The molecule has 0 fully saturated rings. The van der Waals surface area contributed by atoms with Crippen LogP contribution in [-0.2, 0) is 0 Å². The summed E-state index contributed by atoms with van der Waals surface area (Å²) in [5, 5.41) is 0.522. The minimum absolute atomic E-state index is 0.134. The lowest BCUT2D eigenvalue weighted by Gasteiger charge is -2.07. The molecule has 19 heavy (non-hydrogen) atoms. The third-order valence-corrected chi connectivity index (χ3v) is 2.69. The largest absolute Gasteiger partial charge is 0.422 e. The number of benzene rings is 2. The topological polar surface area (TPSA) is 69.4 Å². The van der Waals surface area contributed by atoms with Gasteiger partial charge in [0, 0.05) is 5.02 Å². The standard InChI is InChI=1S/C14H10ClNO3/c15-10-7-5-9(6-8-10)14(18)19-12-4-2-1-3-11(12)13(16)17/h1-8H,(H2,16,17). The summed E-state index contributed by atoms with van der Waals surface area (Å²) in [6.07, 6.45) is 0. The summed E-state index contributed by atoms with van der Waals surface area (Å²) in [6, 6.07) is 12.5. The maximum Gasteiger partial charge on any atom is 0.343 e. The van der Waals surface area contributed by atoms with Gasteiger partial charge in [0.1, 0.15) is 5.75 Å². The van der Waals surface area contributed by atoms with Gasteiger partial charge < -0.3 is 10.5 Å². The van der Waals surface area contributed by atoms with Crippen LogP contribution in [0.2, 0.25) is 5.02 Å². The molecule has 0 atom stereocenters. The molecule has 2 aromatic carbocycles. The third-order valence-electron chi connectivity index (χ3n) is 2.44. The molecular formula is C14H10ClNO3. The molecule has 0 saturated heterocycles. The van der Waals surface area contributed by atoms with Crippen LogP contribution in [0.3, 0.4) is 0 Å². The number of primary amides is 1. The summed E-state index contributed by atoms with van der Waals surface area (Å²) >= 11 is 5.73. The highest BCUT2D eigenvalue weighted by Gasteiger charge is 2.13. The van der Waals surface area contributed by atoms with Gasteiger partial charge in [-0.25, -0.2) is 4.79 Å². The molecule has 0 spiro atoms. The first-order chi connectivity index (χ1) is 9.08. The van der Waals surface area contributed by atoms with E-state index in [0.29, 0.717) is 10.6 Å².